The molecule has 0 spiro atoms. The van der Waals surface area contributed by atoms with E-state index >= 15 is 0 Å². The number of H-pyrrole nitrogens is 1. The van der Waals surface area contributed by atoms with Crippen molar-refractivity contribution in [1.82, 2.24) is 19.9 Å². The van der Waals surface area contributed by atoms with Crippen molar-refractivity contribution < 1.29 is 9.53 Å². The van der Waals surface area contributed by atoms with Gasteiger partial charge in [0.1, 0.15) is 18.4 Å². The Hall–Kier alpha value is -3.19. The minimum atomic E-state index is -0.219. The van der Waals surface area contributed by atoms with Crippen molar-refractivity contribution in [2.75, 3.05) is 19.7 Å². The molecule has 2 aromatic heterocycles. The van der Waals surface area contributed by atoms with Gasteiger partial charge in [0.2, 0.25) is 5.91 Å². The van der Waals surface area contributed by atoms with Crippen LogP contribution >= 0.6 is 0 Å². The topological polar surface area (TPSA) is 97.1 Å². The van der Waals surface area contributed by atoms with Gasteiger partial charge in [-0.15, -0.1) is 0 Å². The standard InChI is InChI=1S/C21H23N5O2/c22-8-11-28-17-5-3-15(4-6-17)12-19(27)26-10-7-18-20(25-14-24-18)21(26)16-2-1-9-23-13-16/h1-6,9,13-14,21H,7-8,10-12,22H2,(H,24,25). The zero-order valence-corrected chi connectivity index (χ0v) is 15.5. The summed E-state index contributed by atoms with van der Waals surface area (Å²) in [7, 11) is 0. The van der Waals surface area contributed by atoms with Crippen LogP contribution in [0.1, 0.15) is 28.6 Å². The molecule has 0 aliphatic carbocycles. The molecule has 1 atom stereocenters. The first-order valence-electron chi connectivity index (χ1n) is 9.39. The van der Waals surface area contributed by atoms with E-state index < -0.39 is 0 Å². The zero-order valence-electron chi connectivity index (χ0n) is 15.5. The smallest absolute Gasteiger partial charge is 0.227 e. The highest BCUT2D eigenvalue weighted by molar-refractivity contribution is 5.80. The molecule has 4 rings (SSSR count). The number of pyridine rings is 1. The van der Waals surface area contributed by atoms with Gasteiger partial charge in [-0.05, 0) is 29.3 Å². The van der Waals surface area contributed by atoms with E-state index in [0.29, 0.717) is 26.1 Å². The van der Waals surface area contributed by atoms with E-state index in [-0.39, 0.29) is 11.9 Å². The molecule has 0 saturated carbocycles. The van der Waals surface area contributed by atoms with E-state index in [4.69, 9.17) is 10.5 Å². The number of imidazole rings is 1. The summed E-state index contributed by atoms with van der Waals surface area (Å²) in [4.78, 5) is 27.0. The molecule has 1 aliphatic rings. The number of hydrogen-bond donors (Lipinski definition) is 2. The van der Waals surface area contributed by atoms with Gasteiger partial charge in [-0.25, -0.2) is 4.98 Å². The van der Waals surface area contributed by atoms with Crippen LogP contribution in [0, 0.1) is 0 Å². The Labute approximate surface area is 163 Å². The quantitative estimate of drug-likeness (QED) is 0.683. The summed E-state index contributed by atoms with van der Waals surface area (Å²) >= 11 is 0. The van der Waals surface area contributed by atoms with Gasteiger partial charge in [-0.1, -0.05) is 18.2 Å². The van der Waals surface area contributed by atoms with Crippen LogP contribution in [0.4, 0.5) is 0 Å². The first-order chi connectivity index (χ1) is 13.8. The molecular weight excluding hydrogens is 354 g/mol. The van der Waals surface area contributed by atoms with Crippen LogP contribution in [-0.4, -0.2) is 45.5 Å². The van der Waals surface area contributed by atoms with Crippen LogP contribution in [0.3, 0.4) is 0 Å². The Kier molecular flexibility index (Phi) is 5.34. The van der Waals surface area contributed by atoms with E-state index in [1.54, 1.807) is 18.7 Å². The molecule has 3 heterocycles. The van der Waals surface area contributed by atoms with Crippen molar-refractivity contribution in [1.29, 1.82) is 0 Å². The third-order valence-corrected chi connectivity index (χ3v) is 4.91. The molecule has 0 saturated heterocycles. The van der Waals surface area contributed by atoms with Gasteiger partial charge in [-0.2, -0.15) is 0 Å². The Morgan fingerprint density at radius 1 is 1.29 bits per heavy atom. The summed E-state index contributed by atoms with van der Waals surface area (Å²) in [6.07, 6.45) is 6.33. The molecule has 0 radical (unpaired) electrons. The molecule has 28 heavy (non-hydrogen) atoms. The Morgan fingerprint density at radius 3 is 2.89 bits per heavy atom. The number of nitrogens with one attached hydrogen (secondary N) is 1. The zero-order chi connectivity index (χ0) is 19.3. The van der Waals surface area contributed by atoms with Crippen LogP contribution in [0.15, 0.2) is 55.1 Å². The molecule has 1 unspecified atom stereocenters. The molecule has 0 fully saturated rings. The summed E-state index contributed by atoms with van der Waals surface area (Å²) in [5.41, 5.74) is 9.35. The van der Waals surface area contributed by atoms with Crippen molar-refractivity contribution in [3.05, 3.63) is 77.6 Å². The number of rotatable bonds is 6. The predicted octanol–water partition coefficient (Wildman–Crippen LogP) is 1.86. The van der Waals surface area contributed by atoms with Crippen molar-refractivity contribution in [3.63, 3.8) is 0 Å². The second kappa shape index (κ2) is 8.22. The lowest BCUT2D eigenvalue weighted by Crippen LogP contribution is -2.41. The molecule has 1 aromatic carbocycles. The van der Waals surface area contributed by atoms with E-state index in [9.17, 15) is 4.79 Å². The first kappa shape index (κ1) is 18.2. The molecule has 3 aromatic rings. The number of benzene rings is 1. The van der Waals surface area contributed by atoms with Crippen LogP contribution < -0.4 is 10.5 Å². The molecule has 0 bridgehead atoms. The highest BCUT2D eigenvalue weighted by Crippen LogP contribution is 2.33. The van der Waals surface area contributed by atoms with E-state index in [1.807, 2.05) is 41.3 Å². The Bertz CT molecular complexity index is 923. The lowest BCUT2D eigenvalue weighted by Gasteiger charge is -2.35. The fourth-order valence-corrected chi connectivity index (χ4v) is 3.58. The molecule has 7 nitrogen and oxygen atoms in total. The maximum atomic E-state index is 13.2. The second-order valence-electron chi connectivity index (χ2n) is 6.75. The third kappa shape index (κ3) is 3.75. The molecule has 144 valence electrons. The number of carbonyl (C=O) groups excluding carboxylic acids is 1. The maximum Gasteiger partial charge on any atom is 0.227 e. The average molecular weight is 377 g/mol. The fraction of sp³-hybridized carbons (Fsp3) is 0.286. The Balaban J connectivity index is 1.54. The van der Waals surface area contributed by atoms with Crippen LogP contribution in [0.5, 0.6) is 5.75 Å². The third-order valence-electron chi connectivity index (χ3n) is 4.91. The van der Waals surface area contributed by atoms with Gasteiger partial charge in [0, 0.05) is 37.6 Å². The van der Waals surface area contributed by atoms with Crippen LogP contribution in [-0.2, 0) is 17.6 Å². The minimum absolute atomic E-state index is 0.0677. The van der Waals surface area contributed by atoms with Crippen molar-refractivity contribution >= 4 is 5.91 Å². The average Bonchev–Trinajstić information content (AvgIpc) is 3.22. The number of nitrogens with zero attached hydrogens (tertiary/aromatic N) is 3. The maximum absolute atomic E-state index is 13.2. The fourth-order valence-electron chi connectivity index (χ4n) is 3.58. The number of nitrogens with two attached hydrogens (primary N) is 1. The lowest BCUT2D eigenvalue weighted by atomic mass is 9.96. The molecule has 7 heteroatoms. The van der Waals surface area contributed by atoms with E-state index in [2.05, 4.69) is 15.0 Å². The SMILES string of the molecule is NCCOc1ccc(CC(=O)N2CCc3[nH]cnc3C2c2cccnc2)cc1. The predicted molar refractivity (Wildman–Crippen MR) is 105 cm³/mol. The van der Waals surface area contributed by atoms with Crippen molar-refractivity contribution in [3.8, 4) is 5.75 Å². The van der Waals surface area contributed by atoms with Gasteiger partial charge < -0.3 is 20.4 Å². The molecule has 1 aliphatic heterocycles. The summed E-state index contributed by atoms with van der Waals surface area (Å²) in [6.45, 7) is 1.59. The van der Waals surface area contributed by atoms with Gasteiger partial charge in [0.25, 0.3) is 0 Å². The number of aromatic nitrogens is 3. The summed E-state index contributed by atoms with van der Waals surface area (Å²) < 4.78 is 5.50. The number of hydrogen-bond acceptors (Lipinski definition) is 5. The first-order valence-corrected chi connectivity index (χ1v) is 9.39. The van der Waals surface area contributed by atoms with E-state index in [1.165, 1.54) is 0 Å². The number of amides is 1. The normalized spacial score (nSPS) is 15.9. The highest BCUT2D eigenvalue weighted by atomic mass is 16.5. The number of carbonyl (C=O) groups is 1. The van der Waals surface area contributed by atoms with Gasteiger partial charge >= 0.3 is 0 Å². The summed E-state index contributed by atoms with van der Waals surface area (Å²) in [5.74, 6) is 0.826. The number of aromatic amines is 1. The number of fused-ring (bicyclic) bond motifs is 1. The van der Waals surface area contributed by atoms with Crippen LogP contribution in [0.2, 0.25) is 0 Å². The molecular formula is C21H23N5O2. The minimum Gasteiger partial charge on any atom is -0.492 e. The second-order valence-corrected chi connectivity index (χ2v) is 6.75. The number of ether oxygens (including phenoxy) is 1. The van der Waals surface area contributed by atoms with Crippen LogP contribution in [0.25, 0.3) is 0 Å². The largest absolute Gasteiger partial charge is 0.492 e. The van der Waals surface area contributed by atoms with Crippen molar-refractivity contribution in [2.24, 2.45) is 5.73 Å². The summed E-state index contributed by atoms with van der Waals surface area (Å²) in [6, 6.07) is 11.3. The molecule has 3 N–H and O–H groups in total. The highest BCUT2D eigenvalue weighted by Gasteiger charge is 2.33. The van der Waals surface area contributed by atoms with Crippen molar-refractivity contribution in [2.45, 2.75) is 18.9 Å². The molecule has 1 amide bonds. The van der Waals surface area contributed by atoms with Gasteiger partial charge in [-0.3, -0.25) is 9.78 Å². The van der Waals surface area contributed by atoms with Gasteiger partial charge in [0.15, 0.2) is 0 Å². The Morgan fingerprint density at radius 2 is 2.14 bits per heavy atom. The van der Waals surface area contributed by atoms with Gasteiger partial charge in [0.05, 0.1) is 18.4 Å². The lowest BCUT2D eigenvalue weighted by molar-refractivity contribution is -0.132. The monoisotopic (exact) mass is 377 g/mol. The van der Waals surface area contributed by atoms with E-state index in [0.717, 1.165) is 34.7 Å². The summed E-state index contributed by atoms with van der Waals surface area (Å²) in [5, 5.41) is 0.